The number of ether oxygens (including phenoxy) is 1. The van der Waals surface area contributed by atoms with Crippen molar-refractivity contribution in [2.75, 3.05) is 25.5 Å². The summed E-state index contributed by atoms with van der Waals surface area (Å²) in [5.74, 6) is 0.571. The highest BCUT2D eigenvalue weighted by Gasteiger charge is 2.21. The standard InChI is InChI=1S/C19H29N3O3/c1-14-5-3-4-6-17(14)25-12-11-21-19(24)22-16-9-7-15(8-10-16)13-18(23)20-2/h7-10,14,17H,3-6,11-13H2,1-2H3,(H,20,23)(H2,21,22,24)/t14-,17-/m1/s1. The van der Waals surface area contributed by atoms with Crippen LogP contribution in [0, 0.1) is 5.92 Å². The number of nitrogens with one attached hydrogen (secondary N) is 3. The smallest absolute Gasteiger partial charge is 0.319 e. The molecule has 138 valence electrons. The summed E-state index contributed by atoms with van der Waals surface area (Å²) < 4.78 is 5.88. The Morgan fingerprint density at radius 3 is 2.56 bits per heavy atom. The highest BCUT2D eigenvalue weighted by Crippen LogP contribution is 2.25. The quantitative estimate of drug-likeness (QED) is 0.664. The van der Waals surface area contributed by atoms with Crippen LogP contribution >= 0.6 is 0 Å². The number of amides is 3. The van der Waals surface area contributed by atoms with Crippen LogP contribution in [-0.2, 0) is 16.0 Å². The third-order valence-electron chi connectivity index (χ3n) is 4.61. The van der Waals surface area contributed by atoms with Gasteiger partial charge in [0, 0.05) is 19.3 Å². The highest BCUT2D eigenvalue weighted by molar-refractivity contribution is 5.89. The molecular formula is C19H29N3O3. The molecule has 1 aromatic rings. The third kappa shape index (κ3) is 6.74. The van der Waals surface area contributed by atoms with Gasteiger partial charge in [0.2, 0.25) is 5.91 Å². The second kappa shape index (κ2) is 10.0. The summed E-state index contributed by atoms with van der Waals surface area (Å²) in [7, 11) is 1.61. The van der Waals surface area contributed by atoms with Crippen molar-refractivity contribution >= 4 is 17.6 Å². The summed E-state index contributed by atoms with van der Waals surface area (Å²) >= 11 is 0. The topological polar surface area (TPSA) is 79.5 Å². The first kappa shape index (κ1) is 19.2. The molecular weight excluding hydrogens is 318 g/mol. The summed E-state index contributed by atoms with van der Waals surface area (Å²) in [4.78, 5) is 23.2. The fraction of sp³-hybridized carbons (Fsp3) is 0.579. The number of hydrogen-bond donors (Lipinski definition) is 3. The number of benzene rings is 1. The molecule has 25 heavy (non-hydrogen) atoms. The Kier molecular flexibility index (Phi) is 7.73. The number of rotatable bonds is 7. The number of likely N-dealkylation sites (N-methyl/N-ethyl adjacent to an activating group) is 1. The average molecular weight is 347 g/mol. The van der Waals surface area contributed by atoms with Crippen LogP contribution in [0.1, 0.15) is 38.2 Å². The maximum atomic E-state index is 11.9. The van der Waals surface area contributed by atoms with E-state index in [0.717, 1.165) is 12.0 Å². The predicted octanol–water partition coefficient (Wildman–Crippen LogP) is 2.69. The first-order valence-corrected chi connectivity index (χ1v) is 9.04. The van der Waals surface area contributed by atoms with Gasteiger partial charge in [0.15, 0.2) is 0 Å². The van der Waals surface area contributed by atoms with Crippen LogP contribution in [0.5, 0.6) is 0 Å². The molecule has 0 aliphatic heterocycles. The van der Waals surface area contributed by atoms with Crippen molar-refractivity contribution in [1.82, 2.24) is 10.6 Å². The van der Waals surface area contributed by atoms with Crippen LogP contribution in [0.25, 0.3) is 0 Å². The molecule has 0 aromatic heterocycles. The second-order valence-electron chi connectivity index (χ2n) is 6.60. The van der Waals surface area contributed by atoms with Gasteiger partial charge in [0.25, 0.3) is 0 Å². The van der Waals surface area contributed by atoms with E-state index < -0.39 is 0 Å². The molecule has 1 saturated carbocycles. The minimum absolute atomic E-state index is 0.0364. The molecule has 0 spiro atoms. The lowest BCUT2D eigenvalue weighted by molar-refractivity contribution is -0.119. The van der Waals surface area contributed by atoms with Gasteiger partial charge in [-0.2, -0.15) is 0 Å². The van der Waals surface area contributed by atoms with E-state index >= 15 is 0 Å². The Balaban J connectivity index is 1.65. The zero-order chi connectivity index (χ0) is 18.1. The Morgan fingerprint density at radius 2 is 1.88 bits per heavy atom. The van der Waals surface area contributed by atoms with Crippen LogP contribution in [0.15, 0.2) is 24.3 Å². The van der Waals surface area contributed by atoms with Gasteiger partial charge in [-0.25, -0.2) is 4.79 Å². The van der Waals surface area contributed by atoms with Crippen molar-refractivity contribution in [3.05, 3.63) is 29.8 Å². The minimum Gasteiger partial charge on any atom is -0.376 e. The first-order chi connectivity index (χ1) is 12.1. The summed E-state index contributed by atoms with van der Waals surface area (Å²) in [6.45, 7) is 3.26. The second-order valence-corrected chi connectivity index (χ2v) is 6.60. The fourth-order valence-electron chi connectivity index (χ4n) is 3.06. The molecule has 3 N–H and O–H groups in total. The lowest BCUT2D eigenvalue weighted by Crippen LogP contribution is -2.34. The zero-order valence-corrected chi connectivity index (χ0v) is 15.1. The molecule has 2 atom stereocenters. The van der Waals surface area contributed by atoms with Crippen molar-refractivity contribution in [3.63, 3.8) is 0 Å². The highest BCUT2D eigenvalue weighted by atomic mass is 16.5. The number of anilines is 1. The van der Waals surface area contributed by atoms with Crippen molar-refractivity contribution in [2.24, 2.45) is 5.92 Å². The average Bonchev–Trinajstić information content (AvgIpc) is 2.61. The number of carbonyl (C=O) groups is 2. The molecule has 1 aliphatic rings. The monoisotopic (exact) mass is 347 g/mol. The van der Waals surface area contributed by atoms with E-state index in [-0.39, 0.29) is 11.9 Å². The van der Waals surface area contributed by atoms with Gasteiger partial charge in [0.05, 0.1) is 19.1 Å². The molecule has 0 saturated heterocycles. The Hall–Kier alpha value is -2.08. The van der Waals surface area contributed by atoms with Crippen LogP contribution in [0.3, 0.4) is 0 Å². The van der Waals surface area contributed by atoms with E-state index in [1.165, 1.54) is 19.3 Å². The van der Waals surface area contributed by atoms with Gasteiger partial charge in [-0.3, -0.25) is 4.79 Å². The number of carbonyl (C=O) groups excluding carboxylic acids is 2. The van der Waals surface area contributed by atoms with E-state index in [2.05, 4.69) is 22.9 Å². The Labute approximate surface area is 149 Å². The molecule has 6 nitrogen and oxygen atoms in total. The fourth-order valence-corrected chi connectivity index (χ4v) is 3.06. The lowest BCUT2D eigenvalue weighted by atomic mass is 9.88. The summed E-state index contributed by atoms with van der Waals surface area (Å²) in [6.07, 6.45) is 5.54. The predicted molar refractivity (Wildman–Crippen MR) is 98.6 cm³/mol. The number of hydrogen-bond acceptors (Lipinski definition) is 3. The van der Waals surface area contributed by atoms with E-state index in [1.807, 2.05) is 12.1 Å². The van der Waals surface area contributed by atoms with Crippen molar-refractivity contribution in [2.45, 2.75) is 45.1 Å². The van der Waals surface area contributed by atoms with Crippen molar-refractivity contribution < 1.29 is 14.3 Å². The molecule has 1 aliphatic carbocycles. The van der Waals surface area contributed by atoms with Gasteiger partial charge in [-0.05, 0) is 36.5 Å². The molecule has 1 aromatic carbocycles. The van der Waals surface area contributed by atoms with E-state index in [9.17, 15) is 9.59 Å². The van der Waals surface area contributed by atoms with Gasteiger partial charge in [-0.15, -0.1) is 0 Å². The maximum absolute atomic E-state index is 11.9. The van der Waals surface area contributed by atoms with E-state index in [4.69, 9.17) is 4.74 Å². The normalized spacial score (nSPS) is 19.9. The molecule has 6 heteroatoms. The van der Waals surface area contributed by atoms with Crippen molar-refractivity contribution in [1.29, 1.82) is 0 Å². The summed E-state index contributed by atoms with van der Waals surface area (Å²) in [6, 6.07) is 6.99. The van der Waals surface area contributed by atoms with Crippen LogP contribution in [0.4, 0.5) is 10.5 Å². The Bertz CT molecular complexity index is 560. The lowest BCUT2D eigenvalue weighted by Gasteiger charge is -2.28. The summed E-state index contributed by atoms with van der Waals surface area (Å²) in [5, 5.41) is 8.16. The van der Waals surface area contributed by atoms with Crippen LogP contribution < -0.4 is 16.0 Å². The SMILES string of the molecule is CNC(=O)Cc1ccc(NC(=O)NCCO[C@@H]2CCCC[C@H]2C)cc1. The maximum Gasteiger partial charge on any atom is 0.319 e. The van der Waals surface area contributed by atoms with Crippen LogP contribution in [0.2, 0.25) is 0 Å². The van der Waals surface area contributed by atoms with Gasteiger partial charge in [0.1, 0.15) is 0 Å². The molecule has 3 amide bonds. The molecule has 2 rings (SSSR count). The van der Waals surface area contributed by atoms with Gasteiger partial charge >= 0.3 is 6.03 Å². The van der Waals surface area contributed by atoms with E-state index in [0.29, 0.717) is 37.3 Å². The van der Waals surface area contributed by atoms with Crippen molar-refractivity contribution in [3.8, 4) is 0 Å². The van der Waals surface area contributed by atoms with E-state index in [1.54, 1.807) is 19.2 Å². The molecule has 0 heterocycles. The molecule has 0 bridgehead atoms. The van der Waals surface area contributed by atoms with Gasteiger partial charge in [-0.1, -0.05) is 31.9 Å². The van der Waals surface area contributed by atoms with Gasteiger partial charge < -0.3 is 20.7 Å². The molecule has 0 radical (unpaired) electrons. The number of urea groups is 1. The third-order valence-corrected chi connectivity index (χ3v) is 4.61. The zero-order valence-electron chi connectivity index (χ0n) is 15.1. The Morgan fingerprint density at radius 1 is 1.16 bits per heavy atom. The molecule has 0 unspecified atom stereocenters. The molecule has 1 fully saturated rings. The van der Waals surface area contributed by atoms with Crippen LogP contribution in [-0.4, -0.2) is 38.2 Å². The first-order valence-electron chi connectivity index (χ1n) is 9.04. The summed E-state index contributed by atoms with van der Waals surface area (Å²) in [5.41, 5.74) is 1.60. The minimum atomic E-state index is -0.251. The largest absolute Gasteiger partial charge is 0.376 e.